The molecule has 186 valence electrons. The van der Waals surface area contributed by atoms with E-state index >= 15 is 0 Å². The third-order valence-electron chi connectivity index (χ3n) is 7.30. The van der Waals surface area contributed by atoms with Gasteiger partial charge in [-0.2, -0.15) is 10.2 Å². The third kappa shape index (κ3) is 4.27. The first kappa shape index (κ1) is 22.5. The highest BCUT2D eigenvalue weighted by Gasteiger charge is 2.29. The average Bonchev–Trinajstić information content (AvgIpc) is 3.46. The first-order valence-corrected chi connectivity index (χ1v) is 12.5. The van der Waals surface area contributed by atoms with Crippen molar-refractivity contribution in [2.45, 2.75) is 63.6 Å². The smallest absolute Gasteiger partial charge is 0.259 e. The van der Waals surface area contributed by atoms with Crippen LogP contribution >= 0.6 is 0 Å². The fraction of sp³-hybridized carbons (Fsp3) is 0.423. The Morgan fingerprint density at radius 1 is 1.14 bits per heavy atom. The molecule has 10 heteroatoms. The van der Waals surface area contributed by atoms with Gasteiger partial charge >= 0.3 is 0 Å². The number of anilines is 1. The second-order valence-corrected chi connectivity index (χ2v) is 9.83. The minimum atomic E-state index is -0.270. The second-order valence-electron chi connectivity index (χ2n) is 9.83. The molecule has 2 amide bonds. The van der Waals surface area contributed by atoms with Crippen LogP contribution in [-0.2, 0) is 4.79 Å². The molecule has 0 radical (unpaired) electrons. The molecule has 0 unspecified atom stereocenters. The molecule has 2 fully saturated rings. The van der Waals surface area contributed by atoms with Crippen LogP contribution in [0.3, 0.4) is 0 Å². The van der Waals surface area contributed by atoms with Crippen LogP contribution in [0.15, 0.2) is 43.0 Å². The summed E-state index contributed by atoms with van der Waals surface area (Å²) in [6.45, 7) is 1.62. The lowest BCUT2D eigenvalue weighted by Gasteiger charge is -2.34. The maximum absolute atomic E-state index is 13.4. The van der Waals surface area contributed by atoms with Gasteiger partial charge in [-0.3, -0.25) is 14.3 Å². The summed E-state index contributed by atoms with van der Waals surface area (Å²) < 4.78 is 9.76. The zero-order valence-corrected chi connectivity index (χ0v) is 20.4. The number of amides is 2. The third-order valence-corrected chi connectivity index (χ3v) is 7.30. The molecule has 4 aromatic rings. The van der Waals surface area contributed by atoms with E-state index in [1.807, 2.05) is 35.0 Å². The maximum Gasteiger partial charge on any atom is 0.259 e. The van der Waals surface area contributed by atoms with Gasteiger partial charge < -0.3 is 15.0 Å². The molecular formula is C26H29N7O3. The summed E-state index contributed by atoms with van der Waals surface area (Å²) in [5.41, 5.74) is 2.40. The molecule has 10 nitrogen and oxygen atoms in total. The van der Waals surface area contributed by atoms with Gasteiger partial charge in [0.15, 0.2) is 5.65 Å². The van der Waals surface area contributed by atoms with Gasteiger partial charge in [-0.25, -0.2) is 9.50 Å². The number of hydrogen-bond acceptors (Lipinski definition) is 6. The number of aromatic nitrogens is 5. The van der Waals surface area contributed by atoms with Crippen LogP contribution < -0.4 is 10.1 Å². The van der Waals surface area contributed by atoms with Gasteiger partial charge in [0.1, 0.15) is 11.4 Å². The number of nitrogens with zero attached hydrogens (tertiary/aromatic N) is 6. The number of fused-ring (bicyclic) bond motifs is 2. The Kier molecular flexibility index (Phi) is 5.58. The first-order valence-electron chi connectivity index (χ1n) is 12.5. The minimum absolute atomic E-state index is 0.108. The normalized spacial score (nSPS) is 19.9. The van der Waals surface area contributed by atoms with E-state index in [0.29, 0.717) is 22.6 Å². The predicted octanol–water partition coefficient (Wildman–Crippen LogP) is 3.83. The van der Waals surface area contributed by atoms with E-state index in [1.165, 1.54) is 0 Å². The lowest BCUT2D eigenvalue weighted by Crippen LogP contribution is -2.38. The predicted molar refractivity (Wildman–Crippen MR) is 134 cm³/mol. The van der Waals surface area contributed by atoms with E-state index in [4.69, 9.17) is 9.84 Å². The van der Waals surface area contributed by atoms with Crippen molar-refractivity contribution < 1.29 is 14.3 Å². The monoisotopic (exact) mass is 487 g/mol. The first-order chi connectivity index (χ1) is 17.5. The van der Waals surface area contributed by atoms with Gasteiger partial charge in [0.2, 0.25) is 5.91 Å². The topological polar surface area (TPSA) is 107 Å². The molecule has 0 saturated heterocycles. The fourth-order valence-electron chi connectivity index (χ4n) is 4.97. The minimum Gasteiger partial charge on any atom is -0.490 e. The van der Waals surface area contributed by atoms with E-state index in [-0.39, 0.29) is 30.0 Å². The Morgan fingerprint density at radius 3 is 2.69 bits per heavy atom. The molecule has 36 heavy (non-hydrogen) atoms. The number of ether oxygens (including phenoxy) is 1. The quantitative estimate of drug-likeness (QED) is 0.443. The lowest BCUT2D eigenvalue weighted by molar-refractivity contribution is -0.130. The van der Waals surface area contributed by atoms with Crippen LogP contribution in [0.4, 0.5) is 5.69 Å². The van der Waals surface area contributed by atoms with Crippen molar-refractivity contribution in [3.05, 3.63) is 48.5 Å². The van der Waals surface area contributed by atoms with Crippen LogP contribution in [0.2, 0.25) is 0 Å². The van der Waals surface area contributed by atoms with Gasteiger partial charge in [0, 0.05) is 50.1 Å². The molecule has 0 bridgehead atoms. The zero-order chi connectivity index (χ0) is 24.8. The molecule has 1 N–H and O–H groups in total. The summed E-state index contributed by atoms with van der Waals surface area (Å²) in [5, 5.41) is 12.9. The van der Waals surface area contributed by atoms with Crippen molar-refractivity contribution in [2.75, 3.05) is 12.4 Å². The largest absolute Gasteiger partial charge is 0.490 e. The van der Waals surface area contributed by atoms with Gasteiger partial charge in [-0.05, 0) is 50.7 Å². The summed E-state index contributed by atoms with van der Waals surface area (Å²) in [5.74, 6) is 0.384. The Hall–Kier alpha value is -3.95. The molecule has 0 aliphatic heterocycles. The summed E-state index contributed by atoms with van der Waals surface area (Å²) in [6.07, 6.45) is 13.0. The van der Waals surface area contributed by atoms with Crippen LogP contribution in [0, 0.1) is 0 Å². The average molecular weight is 488 g/mol. The molecule has 3 heterocycles. The summed E-state index contributed by atoms with van der Waals surface area (Å²) in [4.78, 5) is 31.3. The number of carbonyl (C=O) groups is 2. The van der Waals surface area contributed by atoms with Crippen LogP contribution in [0.5, 0.6) is 5.75 Å². The van der Waals surface area contributed by atoms with Crippen molar-refractivity contribution >= 4 is 34.1 Å². The number of hydrogen-bond donors (Lipinski definition) is 1. The SMILES string of the molecule is CC(=O)N(C)[C@H]1CC[C@H](n2cc3cc(C(=O)Nc4cnn5cccnc45)c(OC4CC4)cc3n2)CC1. The number of benzene rings is 1. The second kappa shape index (κ2) is 8.92. The van der Waals surface area contributed by atoms with E-state index in [9.17, 15) is 9.59 Å². The highest BCUT2D eigenvalue weighted by Crippen LogP contribution is 2.35. The molecular weight excluding hydrogens is 458 g/mol. The van der Waals surface area contributed by atoms with Crippen LogP contribution in [0.25, 0.3) is 16.6 Å². The summed E-state index contributed by atoms with van der Waals surface area (Å²) >= 11 is 0. The molecule has 3 aromatic heterocycles. The number of carbonyl (C=O) groups excluding carboxylic acids is 2. The zero-order valence-electron chi connectivity index (χ0n) is 20.4. The van der Waals surface area contributed by atoms with E-state index in [0.717, 1.165) is 49.4 Å². The lowest BCUT2D eigenvalue weighted by atomic mass is 9.90. The molecule has 2 saturated carbocycles. The summed E-state index contributed by atoms with van der Waals surface area (Å²) in [6, 6.07) is 6.08. The summed E-state index contributed by atoms with van der Waals surface area (Å²) in [7, 11) is 1.88. The standard InChI is InChI=1S/C26H29N7O3/c1-16(34)31(2)18-4-6-19(7-5-18)33-15-17-12-21(24(13-22(17)30-33)36-20-8-9-20)26(35)29-23-14-28-32-11-3-10-27-25(23)32/h3,10-15,18-20H,4-9H2,1-2H3,(H,29,35)/t18-,19-. The Labute approximate surface area is 208 Å². The molecule has 2 aliphatic rings. The highest BCUT2D eigenvalue weighted by molar-refractivity contribution is 6.09. The Balaban J connectivity index is 1.27. The van der Waals surface area contributed by atoms with Crippen molar-refractivity contribution in [1.82, 2.24) is 29.3 Å². The van der Waals surface area contributed by atoms with Gasteiger partial charge in [0.25, 0.3) is 5.91 Å². The van der Waals surface area contributed by atoms with Crippen molar-refractivity contribution in [1.29, 1.82) is 0 Å². The Bertz CT molecular complexity index is 1450. The van der Waals surface area contributed by atoms with Crippen LogP contribution in [-0.4, -0.2) is 60.3 Å². The van der Waals surface area contributed by atoms with E-state index in [2.05, 4.69) is 15.4 Å². The van der Waals surface area contributed by atoms with Gasteiger partial charge in [0.05, 0.1) is 29.4 Å². The molecule has 0 spiro atoms. The highest BCUT2D eigenvalue weighted by atomic mass is 16.5. The molecule has 6 rings (SSSR count). The molecule has 0 atom stereocenters. The van der Waals surface area contributed by atoms with E-state index in [1.54, 1.807) is 36.1 Å². The van der Waals surface area contributed by atoms with Gasteiger partial charge in [-0.15, -0.1) is 0 Å². The Morgan fingerprint density at radius 2 is 1.94 bits per heavy atom. The number of rotatable bonds is 6. The maximum atomic E-state index is 13.4. The van der Waals surface area contributed by atoms with E-state index < -0.39 is 0 Å². The van der Waals surface area contributed by atoms with Crippen molar-refractivity contribution in [3.8, 4) is 5.75 Å². The fourth-order valence-corrected chi connectivity index (χ4v) is 4.97. The molecule has 1 aromatic carbocycles. The molecule has 2 aliphatic carbocycles. The van der Waals surface area contributed by atoms with Crippen LogP contribution in [0.1, 0.15) is 61.8 Å². The van der Waals surface area contributed by atoms with Crippen molar-refractivity contribution in [2.24, 2.45) is 0 Å². The number of nitrogens with one attached hydrogen (secondary N) is 1. The van der Waals surface area contributed by atoms with Crippen molar-refractivity contribution in [3.63, 3.8) is 0 Å². The van der Waals surface area contributed by atoms with Gasteiger partial charge in [-0.1, -0.05) is 0 Å².